The number of nitrogens with one attached hydrogen (secondary N) is 2. The summed E-state index contributed by atoms with van der Waals surface area (Å²) < 4.78 is 0. The normalized spacial score (nSPS) is 17.1. The molecule has 2 aliphatic rings. The van der Waals surface area contributed by atoms with E-state index in [0.29, 0.717) is 23.8 Å². The maximum absolute atomic E-state index is 12.4. The highest BCUT2D eigenvalue weighted by atomic mass is 35.5. The third kappa shape index (κ3) is 4.88. The molecule has 7 heteroatoms. The molecular weight excluding hydrogens is 346 g/mol. The van der Waals surface area contributed by atoms with Crippen LogP contribution in [0.25, 0.3) is 0 Å². The lowest BCUT2D eigenvalue weighted by molar-refractivity contribution is -0.127. The number of halogens is 1. The number of nitrogens with zero attached hydrogens (tertiary/aromatic N) is 1. The summed E-state index contributed by atoms with van der Waals surface area (Å²) in [6, 6.07) is 7.53. The van der Waals surface area contributed by atoms with Gasteiger partial charge in [0.1, 0.15) is 0 Å². The van der Waals surface area contributed by atoms with E-state index in [9.17, 15) is 9.59 Å². The van der Waals surface area contributed by atoms with E-state index in [4.69, 9.17) is 0 Å². The van der Waals surface area contributed by atoms with Crippen LogP contribution in [-0.2, 0) is 4.79 Å². The van der Waals surface area contributed by atoms with Gasteiger partial charge in [-0.2, -0.15) is 0 Å². The minimum absolute atomic E-state index is 0. The third-order valence-corrected chi connectivity index (χ3v) is 5.42. The van der Waals surface area contributed by atoms with Crippen LogP contribution in [0.15, 0.2) is 29.2 Å². The fraction of sp³-hybridized carbons (Fsp3) is 0.529. The van der Waals surface area contributed by atoms with Gasteiger partial charge < -0.3 is 15.5 Å². The summed E-state index contributed by atoms with van der Waals surface area (Å²) in [7, 11) is 0. The van der Waals surface area contributed by atoms with Gasteiger partial charge in [-0.05, 0) is 25.0 Å². The number of rotatable bonds is 6. The molecule has 5 nitrogen and oxygen atoms in total. The number of amides is 2. The predicted octanol–water partition coefficient (Wildman–Crippen LogP) is 1.77. The van der Waals surface area contributed by atoms with Crippen molar-refractivity contribution in [2.45, 2.75) is 17.7 Å². The van der Waals surface area contributed by atoms with Crippen molar-refractivity contribution in [1.29, 1.82) is 0 Å². The Kier molecular flexibility index (Phi) is 7.40. The van der Waals surface area contributed by atoms with Gasteiger partial charge >= 0.3 is 0 Å². The van der Waals surface area contributed by atoms with E-state index in [1.165, 1.54) is 11.8 Å². The summed E-state index contributed by atoms with van der Waals surface area (Å²) in [5.74, 6) is 1.06. The first kappa shape index (κ1) is 19.1. The minimum atomic E-state index is -0.0476. The summed E-state index contributed by atoms with van der Waals surface area (Å²) in [4.78, 5) is 27.3. The second-order valence-electron chi connectivity index (χ2n) is 6.11. The first-order valence-electron chi connectivity index (χ1n) is 8.22. The highest BCUT2D eigenvalue weighted by molar-refractivity contribution is 8.00. The van der Waals surface area contributed by atoms with E-state index in [0.717, 1.165) is 43.9 Å². The molecule has 1 aromatic rings. The third-order valence-electron chi connectivity index (χ3n) is 4.36. The summed E-state index contributed by atoms with van der Waals surface area (Å²) in [5.41, 5.74) is 0.666. The molecule has 2 saturated heterocycles. The Morgan fingerprint density at radius 1 is 1.21 bits per heavy atom. The molecule has 0 atom stereocenters. The second-order valence-corrected chi connectivity index (χ2v) is 7.12. The maximum Gasteiger partial charge on any atom is 0.252 e. The number of thioether (sulfide) groups is 1. The Morgan fingerprint density at radius 2 is 1.92 bits per heavy atom. The van der Waals surface area contributed by atoms with Crippen LogP contribution in [0, 0.1) is 5.92 Å². The van der Waals surface area contributed by atoms with Crippen molar-refractivity contribution in [3.8, 4) is 0 Å². The Labute approximate surface area is 153 Å². The van der Waals surface area contributed by atoms with E-state index in [1.807, 2.05) is 29.2 Å². The number of likely N-dealkylation sites (tertiary alicyclic amines) is 1. The van der Waals surface area contributed by atoms with Gasteiger partial charge in [-0.1, -0.05) is 12.1 Å². The molecule has 0 bridgehead atoms. The molecule has 24 heavy (non-hydrogen) atoms. The van der Waals surface area contributed by atoms with Crippen LogP contribution in [0.1, 0.15) is 23.2 Å². The van der Waals surface area contributed by atoms with Crippen molar-refractivity contribution in [2.75, 3.05) is 38.5 Å². The van der Waals surface area contributed by atoms with Crippen LogP contribution < -0.4 is 10.6 Å². The van der Waals surface area contributed by atoms with Crippen LogP contribution >= 0.6 is 24.2 Å². The molecule has 0 spiro atoms. The molecule has 0 aliphatic carbocycles. The number of hydrogen-bond acceptors (Lipinski definition) is 4. The van der Waals surface area contributed by atoms with E-state index >= 15 is 0 Å². The van der Waals surface area contributed by atoms with Gasteiger partial charge in [0.15, 0.2) is 0 Å². The number of carbonyl (C=O) groups is 2. The molecule has 0 radical (unpaired) electrons. The van der Waals surface area contributed by atoms with Gasteiger partial charge in [0.25, 0.3) is 5.91 Å². The first-order valence-corrected chi connectivity index (χ1v) is 9.21. The van der Waals surface area contributed by atoms with Gasteiger partial charge in [0, 0.05) is 43.5 Å². The Bertz CT molecular complexity index is 575. The van der Waals surface area contributed by atoms with Crippen molar-refractivity contribution < 1.29 is 9.59 Å². The summed E-state index contributed by atoms with van der Waals surface area (Å²) >= 11 is 1.46. The molecule has 2 N–H and O–H groups in total. The average Bonchev–Trinajstić information content (AvgIpc) is 3.05. The van der Waals surface area contributed by atoms with E-state index in [1.54, 1.807) is 0 Å². The number of carbonyl (C=O) groups excluding carboxylic acids is 2. The zero-order valence-corrected chi connectivity index (χ0v) is 15.3. The lowest BCUT2D eigenvalue weighted by Gasteiger charge is -2.27. The highest BCUT2D eigenvalue weighted by Gasteiger charge is 2.20. The maximum atomic E-state index is 12.4. The van der Waals surface area contributed by atoms with E-state index in [2.05, 4.69) is 10.6 Å². The largest absolute Gasteiger partial charge is 0.352 e. The van der Waals surface area contributed by atoms with Crippen molar-refractivity contribution in [2.24, 2.45) is 5.92 Å². The smallest absolute Gasteiger partial charge is 0.252 e. The molecule has 2 heterocycles. The topological polar surface area (TPSA) is 61.4 Å². The fourth-order valence-corrected chi connectivity index (χ4v) is 3.76. The van der Waals surface area contributed by atoms with Gasteiger partial charge in [0.05, 0.1) is 11.3 Å². The number of hydrogen-bond donors (Lipinski definition) is 2. The lowest BCUT2D eigenvalue weighted by Crippen LogP contribution is -2.48. The first-order chi connectivity index (χ1) is 11.2. The van der Waals surface area contributed by atoms with E-state index in [-0.39, 0.29) is 24.2 Å². The molecular formula is C17H24ClN3O2S. The number of benzene rings is 1. The lowest BCUT2D eigenvalue weighted by atomic mass is 10.0. The van der Waals surface area contributed by atoms with Crippen molar-refractivity contribution in [3.05, 3.63) is 29.8 Å². The van der Waals surface area contributed by atoms with Crippen molar-refractivity contribution in [3.63, 3.8) is 0 Å². The SMILES string of the molecule is Cl.O=C(NCC1CNC1)c1ccccc1SCC(=O)N1CCCC1. The van der Waals surface area contributed by atoms with Crippen LogP contribution in [0.2, 0.25) is 0 Å². The molecule has 132 valence electrons. The average molecular weight is 370 g/mol. The predicted molar refractivity (Wildman–Crippen MR) is 98.9 cm³/mol. The molecule has 0 aromatic heterocycles. The molecule has 0 unspecified atom stereocenters. The fourth-order valence-electron chi connectivity index (χ4n) is 2.80. The zero-order valence-electron chi connectivity index (χ0n) is 13.6. The quantitative estimate of drug-likeness (QED) is 0.750. The standard InChI is InChI=1S/C17H23N3O2S.ClH/c21-16(20-7-3-4-8-20)12-23-15-6-2-1-5-14(15)17(22)19-11-13-9-18-10-13;/h1-2,5-6,13,18H,3-4,7-12H2,(H,19,22);1H. The Balaban J connectivity index is 0.00000208. The van der Waals surface area contributed by atoms with Crippen LogP contribution in [0.3, 0.4) is 0 Å². The minimum Gasteiger partial charge on any atom is -0.352 e. The van der Waals surface area contributed by atoms with E-state index < -0.39 is 0 Å². The van der Waals surface area contributed by atoms with Crippen LogP contribution in [0.5, 0.6) is 0 Å². The van der Waals surface area contributed by atoms with Gasteiger partial charge in [0.2, 0.25) is 5.91 Å². The molecule has 2 fully saturated rings. The van der Waals surface area contributed by atoms with Crippen molar-refractivity contribution >= 4 is 36.0 Å². The molecule has 1 aromatic carbocycles. The highest BCUT2D eigenvalue weighted by Crippen LogP contribution is 2.23. The van der Waals surface area contributed by atoms with Crippen molar-refractivity contribution in [1.82, 2.24) is 15.5 Å². The summed E-state index contributed by atoms with van der Waals surface area (Å²) in [5, 5.41) is 6.19. The Hall–Kier alpha value is -1.24. The van der Waals surface area contributed by atoms with Crippen LogP contribution in [-0.4, -0.2) is 55.2 Å². The molecule has 0 saturated carbocycles. The molecule has 2 amide bonds. The zero-order chi connectivity index (χ0) is 16.1. The molecule has 2 aliphatic heterocycles. The molecule has 3 rings (SSSR count). The summed E-state index contributed by atoms with van der Waals surface area (Å²) in [6.07, 6.45) is 2.21. The van der Waals surface area contributed by atoms with Crippen LogP contribution in [0.4, 0.5) is 0 Å². The van der Waals surface area contributed by atoms with Gasteiger partial charge in [-0.15, -0.1) is 24.2 Å². The monoisotopic (exact) mass is 369 g/mol. The second kappa shape index (κ2) is 9.30. The summed E-state index contributed by atoms with van der Waals surface area (Å²) in [6.45, 7) is 4.40. The van der Waals surface area contributed by atoms with Gasteiger partial charge in [-0.25, -0.2) is 0 Å². The van der Waals surface area contributed by atoms with Gasteiger partial charge in [-0.3, -0.25) is 9.59 Å². The Morgan fingerprint density at radius 3 is 2.58 bits per heavy atom.